The van der Waals surface area contributed by atoms with Gasteiger partial charge in [0.2, 0.25) is 0 Å². The molecule has 1 aliphatic rings. The molecule has 0 aromatic heterocycles. The number of carboxylic acid groups (broad SMARTS) is 1. The van der Waals surface area contributed by atoms with E-state index in [4.69, 9.17) is 10.4 Å². The van der Waals surface area contributed by atoms with Crippen molar-refractivity contribution in [2.24, 2.45) is 0 Å². The molecule has 2 atom stereocenters. The molecule has 2 rings (SSSR count). The van der Waals surface area contributed by atoms with Crippen LogP contribution in [0.3, 0.4) is 0 Å². The summed E-state index contributed by atoms with van der Waals surface area (Å²) in [7, 11) is 0. The predicted octanol–water partition coefficient (Wildman–Crippen LogP) is 0.749. The normalized spacial score (nSPS) is 20.9. The fraction of sp³-hybridized carbons (Fsp3) is 0.308. The van der Waals surface area contributed by atoms with Gasteiger partial charge < -0.3 is 20.4 Å². The van der Waals surface area contributed by atoms with Crippen LogP contribution in [0.1, 0.15) is 12.0 Å². The van der Waals surface area contributed by atoms with E-state index >= 15 is 0 Å². The molecule has 7 nitrogen and oxygen atoms in total. The van der Waals surface area contributed by atoms with Crippen molar-refractivity contribution in [3.8, 4) is 6.07 Å². The van der Waals surface area contributed by atoms with Gasteiger partial charge in [0.15, 0.2) is 0 Å². The molecule has 0 bridgehead atoms. The second kappa shape index (κ2) is 5.76. The monoisotopic (exact) mass is 293 g/mol. The van der Waals surface area contributed by atoms with E-state index in [-0.39, 0.29) is 24.2 Å². The summed E-state index contributed by atoms with van der Waals surface area (Å²) in [6.45, 7) is -0.102. The van der Waals surface area contributed by atoms with Crippen LogP contribution in [0.25, 0.3) is 0 Å². The van der Waals surface area contributed by atoms with E-state index in [1.54, 1.807) is 6.07 Å². The van der Waals surface area contributed by atoms with Crippen LogP contribution in [0.5, 0.6) is 0 Å². The van der Waals surface area contributed by atoms with E-state index in [2.05, 4.69) is 5.32 Å². The summed E-state index contributed by atoms with van der Waals surface area (Å²) in [5.74, 6) is -1.92. The average Bonchev–Trinajstić information content (AvgIpc) is 2.83. The Morgan fingerprint density at radius 2 is 2.19 bits per heavy atom. The van der Waals surface area contributed by atoms with Crippen LogP contribution < -0.4 is 5.32 Å². The maximum Gasteiger partial charge on any atom is 0.326 e. The van der Waals surface area contributed by atoms with Crippen molar-refractivity contribution in [2.75, 3.05) is 11.9 Å². The number of hydrogen-bond donors (Lipinski definition) is 3. The number of aliphatic hydroxyl groups excluding tert-OH is 1. The average molecular weight is 293 g/mol. The fourth-order valence-electron chi connectivity index (χ4n) is 2.16. The number of carbonyl (C=O) groups is 2. The molecule has 1 aromatic carbocycles. The number of aliphatic carboxylic acids is 1. The molecule has 1 aromatic rings. The van der Waals surface area contributed by atoms with Gasteiger partial charge in [0, 0.05) is 18.7 Å². The van der Waals surface area contributed by atoms with Crippen LogP contribution >= 0.6 is 0 Å². The number of carbonyl (C=O) groups excluding carboxylic acids is 1. The number of β-amino-alcohol motifs (C(OH)–C–C–N with tert-alkyl or cyclic N) is 1. The van der Waals surface area contributed by atoms with Crippen LogP contribution in [0.2, 0.25) is 0 Å². The largest absolute Gasteiger partial charge is 0.480 e. The Morgan fingerprint density at radius 1 is 1.48 bits per heavy atom. The lowest BCUT2D eigenvalue weighted by Gasteiger charge is -2.21. The Morgan fingerprint density at radius 3 is 2.81 bits per heavy atom. The lowest BCUT2D eigenvalue weighted by Crippen LogP contribution is -2.43. The Hall–Kier alpha value is -2.66. The Kier molecular flexibility index (Phi) is 4.05. The summed E-state index contributed by atoms with van der Waals surface area (Å²) in [4.78, 5) is 24.0. The van der Waals surface area contributed by atoms with Crippen LogP contribution in [0.4, 0.5) is 14.9 Å². The van der Waals surface area contributed by atoms with E-state index in [0.29, 0.717) is 0 Å². The number of nitrogens with one attached hydrogen (secondary N) is 1. The van der Waals surface area contributed by atoms with E-state index < -0.39 is 30.0 Å². The highest BCUT2D eigenvalue weighted by atomic mass is 19.1. The number of halogens is 1. The lowest BCUT2D eigenvalue weighted by molar-refractivity contribution is -0.141. The third-order valence-electron chi connectivity index (χ3n) is 3.16. The quantitative estimate of drug-likeness (QED) is 0.744. The molecule has 21 heavy (non-hydrogen) atoms. The van der Waals surface area contributed by atoms with Crippen molar-refractivity contribution >= 4 is 17.7 Å². The zero-order chi connectivity index (χ0) is 15.6. The number of nitriles is 1. The number of hydrogen-bond acceptors (Lipinski definition) is 4. The van der Waals surface area contributed by atoms with Crippen molar-refractivity contribution in [1.29, 1.82) is 5.26 Å². The highest BCUT2D eigenvalue weighted by molar-refractivity contribution is 5.93. The Bertz CT molecular complexity index is 628. The molecule has 1 aliphatic heterocycles. The summed E-state index contributed by atoms with van der Waals surface area (Å²) < 4.78 is 13.2. The summed E-state index contributed by atoms with van der Waals surface area (Å²) in [6, 6.07) is 3.23. The van der Waals surface area contributed by atoms with Gasteiger partial charge in [-0.3, -0.25) is 0 Å². The van der Waals surface area contributed by atoms with Gasteiger partial charge in [0.05, 0.1) is 11.7 Å². The topological polar surface area (TPSA) is 114 Å². The number of amides is 2. The van der Waals surface area contributed by atoms with Gasteiger partial charge in [-0.2, -0.15) is 5.26 Å². The molecular formula is C13H12FN3O4. The summed E-state index contributed by atoms with van der Waals surface area (Å²) in [5, 5.41) is 29.6. The standard InChI is InChI=1S/C13H12FN3O4/c14-10-2-1-8(3-7(10)5-15)16-13(21)17-6-9(18)4-11(17)12(19)20/h1-3,9,11,18H,4,6H2,(H,16,21)(H,19,20)/t9-,11-/m1/s1. The first-order valence-corrected chi connectivity index (χ1v) is 6.10. The third kappa shape index (κ3) is 3.09. The number of urea groups is 1. The van der Waals surface area contributed by atoms with Gasteiger partial charge in [0.1, 0.15) is 17.9 Å². The van der Waals surface area contributed by atoms with Crippen molar-refractivity contribution in [2.45, 2.75) is 18.6 Å². The molecular weight excluding hydrogens is 281 g/mol. The number of aliphatic hydroxyl groups is 1. The van der Waals surface area contributed by atoms with Gasteiger partial charge in [-0.1, -0.05) is 0 Å². The molecule has 2 amide bonds. The maximum atomic E-state index is 13.2. The molecule has 110 valence electrons. The highest BCUT2D eigenvalue weighted by Gasteiger charge is 2.39. The van der Waals surface area contributed by atoms with Crippen molar-refractivity contribution in [1.82, 2.24) is 4.90 Å². The number of anilines is 1. The molecule has 8 heteroatoms. The number of carboxylic acids is 1. The van der Waals surface area contributed by atoms with Gasteiger partial charge >= 0.3 is 12.0 Å². The molecule has 1 fully saturated rings. The fourth-order valence-corrected chi connectivity index (χ4v) is 2.16. The van der Waals surface area contributed by atoms with Crippen molar-refractivity contribution < 1.29 is 24.2 Å². The summed E-state index contributed by atoms with van der Waals surface area (Å²) in [5.41, 5.74) is -0.0625. The van der Waals surface area contributed by atoms with E-state index in [1.165, 1.54) is 6.07 Å². The zero-order valence-electron chi connectivity index (χ0n) is 10.8. The minimum atomic E-state index is -1.21. The molecule has 1 saturated heterocycles. The predicted molar refractivity (Wildman–Crippen MR) is 68.9 cm³/mol. The molecule has 0 saturated carbocycles. The first kappa shape index (κ1) is 14.7. The van der Waals surface area contributed by atoms with Gasteiger partial charge in [-0.15, -0.1) is 0 Å². The minimum Gasteiger partial charge on any atom is -0.480 e. The molecule has 0 aliphatic carbocycles. The number of nitrogens with zero attached hydrogens (tertiary/aromatic N) is 2. The van der Waals surface area contributed by atoms with Crippen molar-refractivity contribution in [3.05, 3.63) is 29.6 Å². The van der Waals surface area contributed by atoms with E-state index in [1.807, 2.05) is 0 Å². The smallest absolute Gasteiger partial charge is 0.326 e. The SMILES string of the molecule is N#Cc1cc(NC(=O)N2C[C@H](O)C[C@@H]2C(=O)O)ccc1F. The van der Waals surface area contributed by atoms with Crippen LogP contribution in [0.15, 0.2) is 18.2 Å². The lowest BCUT2D eigenvalue weighted by atomic mass is 10.2. The molecule has 0 unspecified atom stereocenters. The molecule has 0 spiro atoms. The minimum absolute atomic E-state index is 0.0460. The van der Waals surface area contributed by atoms with Crippen LogP contribution in [0, 0.1) is 17.1 Å². The molecule has 0 radical (unpaired) electrons. The first-order valence-electron chi connectivity index (χ1n) is 6.10. The number of rotatable bonds is 2. The highest BCUT2D eigenvalue weighted by Crippen LogP contribution is 2.20. The molecule has 1 heterocycles. The van der Waals surface area contributed by atoms with Gasteiger partial charge in [-0.25, -0.2) is 14.0 Å². The van der Waals surface area contributed by atoms with Crippen LogP contribution in [-0.4, -0.2) is 45.8 Å². The van der Waals surface area contributed by atoms with E-state index in [0.717, 1.165) is 17.0 Å². The maximum absolute atomic E-state index is 13.2. The number of likely N-dealkylation sites (tertiary alicyclic amines) is 1. The summed E-state index contributed by atoms with van der Waals surface area (Å²) in [6.07, 6.45) is -0.949. The second-order valence-corrected chi connectivity index (χ2v) is 4.63. The summed E-state index contributed by atoms with van der Waals surface area (Å²) >= 11 is 0. The van der Waals surface area contributed by atoms with E-state index in [9.17, 15) is 19.1 Å². The van der Waals surface area contributed by atoms with Crippen LogP contribution in [-0.2, 0) is 4.79 Å². The Balaban J connectivity index is 2.14. The van der Waals surface area contributed by atoms with Gasteiger partial charge in [-0.05, 0) is 18.2 Å². The third-order valence-corrected chi connectivity index (χ3v) is 3.16. The second-order valence-electron chi connectivity index (χ2n) is 4.63. The molecule has 3 N–H and O–H groups in total. The first-order chi connectivity index (χ1) is 9.92. The number of benzene rings is 1. The Labute approximate surface area is 119 Å². The van der Waals surface area contributed by atoms with Gasteiger partial charge in [0.25, 0.3) is 0 Å². The zero-order valence-corrected chi connectivity index (χ0v) is 10.8. The van der Waals surface area contributed by atoms with Crippen molar-refractivity contribution in [3.63, 3.8) is 0 Å².